The lowest BCUT2D eigenvalue weighted by molar-refractivity contribution is 0.669. The molecule has 0 amide bonds. The number of fused-ring (bicyclic) bond motifs is 3. The summed E-state index contributed by atoms with van der Waals surface area (Å²) in [7, 11) is 0. The van der Waals surface area contributed by atoms with Crippen LogP contribution >= 0.6 is 0 Å². The van der Waals surface area contributed by atoms with E-state index in [4.69, 9.17) is 15.6 Å². The molecule has 6 aromatic carbocycles. The molecular weight excluding hydrogens is 488 g/mol. The van der Waals surface area contributed by atoms with E-state index in [1.807, 2.05) is 36.4 Å². The minimum absolute atomic E-state index is 0.0592. The third kappa shape index (κ3) is 4.24. The van der Waals surface area contributed by atoms with Crippen LogP contribution in [-0.2, 0) is 0 Å². The summed E-state index contributed by atoms with van der Waals surface area (Å²) in [5, 5.41) is 9.99. The molecule has 0 atom stereocenters. The molecule has 1 aromatic heterocycles. The zero-order chi connectivity index (χ0) is 27.1. The maximum atomic E-state index is 7.86. The van der Waals surface area contributed by atoms with Gasteiger partial charge >= 0.3 is 0 Å². The quantitative estimate of drug-likeness (QED) is 0.177. The van der Waals surface area contributed by atoms with Gasteiger partial charge in [-0.05, 0) is 68.8 Å². The molecule has 1 heterocycles. The fraction of sp³-hybridized carbons (Fsp3) is 0. The summed E-state index contributed by atoms with van der Waals surface area (Å²) >= 11 is 0. The molecule has 0 fully saturated rings. The molecule has 3 heteroatoms. The highest BCUT2D eigenvalue weighted by molar-refractivity contribution is 6.13. The lowest BCUT2D eigenvalue weighted by atomic mass is 9.95. The van der Waals surface area contributed by atoms with Crippen molar-refractivity contribution in [3.8, 4) is 44.5 Å². The number of nitrogens with two attached hydrogens (primary N) is 1. The molecule has 3 N–H and O–H groups in total. The highest BCUT2D eigenvalue weighted by Crippen LogP contribution is 2.39. The van der Waals surface area contributed by atoms with Crippen LogP contribution in [-0.4, -0.2) is 5.84 Å². The Balaban J connectivity index is 1.25. The Kier molecular flexibility index (Phi) is 5.76. The van der Waals surface area contributed by atoms with E-state index >= 15 is 0 Å². The molecule has 0 aliphatic heterocycles. The maximum Gasteiger partial charge on any atom is 0.136 e. The molecule has 0 saturated carbocycles. The van der Waals surface area contributed by atoms with Gasteiger partial charge in [0, 0.05) is 16.3 Å². The van der Waals surface area contributed by atoms with Crippen LogP contribution in [0.3, 0.4) is 0 Å². The fourth-order valence-corrected chi connectivity index (χ4v) is 5.44. The first-order valence-corrected chi connectivity index (χ1v) is 13.3. The highest BCUT2D eigenvalue weighted by atomic mass is 16.3. The van der Waals surface area contributed by atoms with Crippen molar-refractivity contribution < 1.29 is 4.42 Å². The molecule has 7 aromatic rings. The summed E-state index contributed by atoms with van der Waals surface area (Å²) in [6, 6.07) is 48.2. The number of benzene rings is 6. The Bertz CT molecular complexity index is 2000. The summed E-state index contributed by atoms with van der Waals surface area (Å²) < 4.78 is 6.23. The molecule has 0 saturated heterocycles. The van der Waals surface area contributed by atoms with Crippen LogP contribution in [0.4, 0.5) is 0 Å². The van der Waals surface area contributed by atoms with Gasteiger partial charge in [-0.15, -0.1) is 0 Å². The van der Waals surface area contributed by atoms with E-state index in [2.05, 4.69) is 103 Å². The average Bonchev–Trinajstić information content (AvgIpc) is 3.40. The Morgan fingerprint density at radius 2 is 1.02 bits per heavy atom. The van der Waals surface area contributed by atoms with Gasteiger partial charge in [0.25, 0.3) is 0 Å². The Morgan fingerprint density at radius 1 is 0.475 bits per heavy atom. The third-order valence-corrected chi connectivity index (χ3v) is 7.52. The second-order valence-electron chi connectivity index (χ2n) is 10.0. The van der Waals surface area contributed by atoms with Crippen molar-refractivity contribution >= 4 is 27.8 Å². The van der Waals surface area contributed by atoms with Crippen LogP contribution in [0.1, 0.15) is 5.56 Å². The second kappa shape index (κ2) is 9.72. The zero-order valence-electron chi connectivity index (χ0n) is 21.8. The lowest BCUT2D eigenvalue weighted by Gasteiger charge is -2.08. The molecule has 0 spiro atoms. The molecule has 0 bridgehead atoms. The van der Waals surface area contributed by atoms with Crippen molar-refractivity contribution in [2.45, 2.75) is 0 Å². The van der Waals surface area contributed by atoms with Crippen LogP contribution in [0.25, 0.3) is 66.4 Å². The first kappa shape index (κ1) is 23.7. The predicted molar refractivity (Wildman–Crippen MR) is 166 cm³/mol. The van der Waals surface area contributed by atoms with Crippen molar-refractivity contribution in [3.05, 3.63) is 145 Å². The number of hydrogen-bond acceptors (Lipinski definition) is 2. The SMILES string of the molecule is N=C(N)c1cccc(-c2cccc3oc4ccc(-c5ccc(-c6ccc(-c7ccccc7)cc6)cc5)cc4c23)c1. The summed E-state index contributed by atoms with van der Waals surface area (Å²) in [6.07, 6.45) is 0. The number of nitrogen functional groups attached to an aromatic ring is 1. The van der Waals surface area contributed by atoms with E-state index in [0.29, 0.717) is 5.56 Å². The molecular formula is C37H26N2O. The van der Waals surface area contributed by atoms with Crippen molar-refractivity contribution in [1.29, 1.82) is 5.41 Å². The monoisotopic (exact) mass is 514 g/mol. The topological polar surface area (TPSA) is 63.0 Å². The smallest absolute Gasteiger partial charge is 0.136 e. The van der Waals surface area contributed by atoms with E-state index in [9.17, 15) is 0 Å². The molecule has 190 valence electrons. The number of amidine groups is 1. The van der Waals surface area contributed by atoms with Crippen molar-refractivity contribution in [3.63, 3.8) is 0 Å². The van der Waals surface area contributed by atoms with Crippen LogP contribution in [0, 0.1) is 5.41 Å². The van der Waals surface area contributed by atoms with Gasteiger partial charge in [0.15, 0.2) is 0 Å². The molecule has 40 heavy (non-hydrogen) atoms. The standard InChI is InChI=1S/C37H26N2O/c38-37(39)31-9-4-8-30(22-31)32-10-5-11-35-36(32)33-23-29(20-21-34(33)40-35)28-18-16-27(17-19-28)26-14-12-25(13-15-26)24-6-2-1-3-7-24/h1-23H,(H3,38,39). The van der Waals surface area contributed by atoms with E-state index in [1.165, 1.54) is 22.3 Å². The van der Waals surface area contributed by atoms with Gasteiger partial charge in [0.05, 0.1) is 0 Å². The summed E-state index contributed by atoms with van der Waals surface area (Å²) in [5.41, 5.74) is 17.3. The Labute approximate surface area is 232 Å². The third-order valence-electron chi connectivity index (χ3n) is 7.52. The predicted octanol–water partition coefficient (Wildman–Crippen LogP) is 9.54. The summed E-state index contributed by atoms with van der Waals surface area (Å²) in [6.45, 7) is 0. The van der Waals surface area contributed by atoms with Gasteiger partial charge in [-0.1, -0.05) is 115 Å². The molecule has 0 unspecified atom stereocenters. The number of rotatable bonds is 5. The van der Waals surface area contributed by atoms with Gasteiger partial charge in [-0.3, -0.25) is 5.41 Å². The van der Waals surface area contributed by atoms with E-state index in [0.717, 1.165) is 44.2 Å². The molecule has 0 aliphatic carbocycles. The van der Waals surface area contributed by atoms with Crippen LogP contribution < -0.4 is 5.73 Å². The molecule has 0 radical (unpaired) electrons. The number of nitrogens with one attached hydrogen (secondary N) is 1. The highest BCUT2D eigenvalue weighted by Gasteiger charge is 2.14. The number of furan rings is 1. The first-order chi connectivity index (χ1) is 19.6. The largest absolute Gasteiger partial charge is 0.456 e. The van der Waals surface area contributed by atoms with Crippen molar-refractivity contribution in [2.75, 3.05) is 0 Å². The summed E-state index contributed by atoms with van der Waals surface area (Å²) in [4.78, 5) is 0. The normalized spacial score (nSPS) is 11.2. The van der Waals surface area contributed by atoms with Crippen molar-refractivity contribution in [2.24, 2.45) is 5.73 Å². The summed E-state index contributed by atoms with van der Waals surface area (Å²) in [5.74, 6) is 0.0592. The molecule has 3 nitrogen and oxygen atoms in total. The lowest BCUT2D eigenvalue weighted by Crippen LogP contribution is -2.10. The van der Waals surface area contributed by atoms with E-state index in [1.54, 1.807) is 0 Å². The zero-order valence-corrected chi connectivity index (χ0v) is 21.8. The molecule has 7 rings (SSSR count). The van der Waals surface area contributed by atoms with E-state index in [-0.39, 0.29) is 5.84 Å². The first-order valence-electron chi connectivity index (χ1n) is 13.3. The minimum atomic E-state index is 0.0592. The van der Waals surface area contributed by atoms with Gasteiger partial charge in [-0.2, -0.15) is 0 Å². The maximum absolute atomic E-state index is 7.86. The fourth-order valence-electron chi connectivity index (χ4n) is 5.44. The van der Waals surface area contributed by atoms with Gasteiger partial charge in [0.1, 0.15) is 17.0 Å². The Morgan fingerprint density at radius 3 is 1.68 bits per heavy atom. The number of hydrogen-bond donors (Lipinski definition) is 2. The van der Waals surface area contributed by atoms with Crippen molar-refractivity contribution in [1.82, 2.24) is 0 Å². The Hall–Kier alpha value is -5.41. The van der Waals surface area contributed by atoms with Gasteiger partial charge in [-0.25, -0.2) is 0 Å². The average molecular weight is 515 g/mol. The van der Waals surface area contributed by atoms with Gasteiger partial charge in [0.2, 0.25) is 0 Å². The van der Waals surface area contributed by atoms with Crippen LogP contribution in [0.5, 0.6) is 0 Å². The molecule has 0 aliphatic rings. The second-order valence-corrected chi connectivity index (χ2v) is 10.0. The van der Waals surface area contributed by atoms with Gasteiger partial charge < -0.3 is 10.2 Å². The van der Waals surface area contributed by atoms with Crippen LogP contribution in [0.15, 0.2) is 144 Å². The minimum Gasteiger partial charge on any atom is -0.456 e. The van der Waals surface area contributed by atoms with E-state index < -0.39 is 0 Å². The van der Waals surface area contributed by atoms with Crippen LogP contribution in [0.2, 0.25) is 0 Å².